The van der Waals surface area contributed by atoms with E-state index >= 15 is 0 Å². The molecule has 1 aliphatic rings. The predicted octanol–water partition coefficient (Wildman–Crippen LogP) is 1.72. The van der Waals surface area contributed by atoms with Crippen molar-refractivity contribution in [2.75, 3.05) is 0 Å². The van der Waals surface area contributed by atoms with E-state index in [1.165, 1.54) is 0 Å². The summed E-state index contributed by atoms with van der Waals surface area (Å²) >= 11 is 0. The van der Waals surface area contributed by atoms with E-state index in [0.29, 0.717) is 12.8 Å². The summed E-state index contributed by atoms with van der Waals surface area (Å²) in [6, 6.07) is 9.61. The molecule has 0 aliphatic heterocycles. The van der Waals surface area contributed by atoms with Gasteiger partial charge in [-0.2, -0.15) is 0 Å². The second kappa shape index (κ2) is 3.05. The summed E-state index contributed by atoms with van der Waals surface area (Å²) in [5.74, 6) is 0.170. The third kappa shape index (κ3) is 1.35. The summed E-state index contributed by atoms with van der Waals surface area (Å²) in [6.45, 7) is 0. The molecule has 0 saturated carbocycles. The summed E-state index contributed by atoms with van der Waals surface area (Å²) in [7, 11) is 0. The van der Waals surface area contributed by atoms with Crippen LogP contribution in [0.1, 0.15) is 18.4 Å². The largest absolute Gasteiger partial charge is 0.401 e. The average molecular weight is 173 g/mol. The van der Waals surface area contributed by atoms with Crippen molar-refractivity contribution in [2.45, 2.75) is 12.8 Å². The van der Waals surface area contributed by atoms with Crippen LogP contribution in [0.25, 0.3) is 5.57 Å². The molecule has 0 radical (unpaired) electrons. The molecule has 13 heavy (non-hydrogen) atoms. The van der Waals surface area contributed by atoms with Gasteiger partial charge in [-0.1, -0.05) is 30.3 Å². The first-order chi connectivity index (χ1) is 6.29. The Morgan fingerprint density at radius 1 is 1.08 bits per heavy atom. The molecule has 66 valence electrons. The van der Waals surface area contributed by atoms with Crippen LogP contribution in [0.3, 0.4) is 0 Å². The maximum absolute atomic E-state index is 11.4. The van der Waals surface area contributed by atoms with E-state index in [2.05, 4.69) is 0 Å². The zero-order chi connectivity index (χ0) is 9.26. The van der Waals surface area contributed by atoms with Gasteiger partial charge in [0.1, 0.15) is 0 Å². The van der Waals surface area contributed by atoms with Gasteiger partial charge in [-0.05, 0) is 12.0 Å². The number of carbonyl (C=O) groups excluding carboxylic acids is 1. The Kier molecular flexibility index (Phi) is 1.89. The van der Waals surface area contributed by atoms with E-state index in [0.717, 1.165) is 16.8 Å². The van der Waals surface area contributed by atoms with Gasteiger partial charge in [0.05, 0.1) is 0 Å². The summed E-state index contributed by atoms with van der Waals surface area (Å²) in [6.07, 6.45) is 1.28. The van der Waals surface area contributed by atoms with Gasteiger partial charge in [0.25, 0.3) is 0 Å². The number of allylic oxidation sites excluding steroid dienone is 2. The molecule has 0 spiro atoms. The maximum atomic E-state index is 11.4. The monoisotopic (exact) mass is 173 g/mol. The average Bonchev–Trinajstić information content (AvgIpc) is 2.48. The minimum absolute atomic E-state index is 0.170. The molecule has 1 aliphatic carbocycles. The Morgan fingerprint density at radius 2 is 1.77 bits per heavy atom. The SMILES string of the molecule is NC1=C(c2ccccc2)C(=O)CC1. The number of hydrogen-bond acceptors (Lipinski definition) is 2. The topological polar surface area (TPSA) is 43.1 Å². The third-order valence-electron chi connectivity index (χ3n) is 2.28. The first-order valence-corrected chi connectivity index (χ1v) is 4.36. The van der Waals surface area contributed by atoms with Crippen LogP contribution in [-0.4, -0.2) is 5.78 Å². The van der Waals surface area contributed by atoms with Gasteiger partial charge >= 0.3 is 0 Å². The number of ketones is 1. The number of nitrogens with two attached hydrogens (primary N) is 1. The van der Waals surface area contributed by atoms with E-state index in [1.54, 1.807) is 0 Å². The minimum Gasteiger partial charge on any atom is -0.401 e. The first-order valence-electron chi connectivity index (χ1n) is 4.36. The van der Waals surface area contributed by atoms with Gasteiger partial charge < -0.3 is 5.73 Å². The Bertz CT molecular complexity index is 365. The second-order valence-electron chi connectivity index (χ2n) is 3.19. The van der Waals surface area contributed by atoms with Crippen LogP contribution >= 0.6 is 0 Å². The normalized spacial score (nSPS) is 16.8. The summed E-state index contributed by atoms with van der Waals surface area (Å²) in [5, 5.41) is 0. The highest BCUT2D eigenvalue weighted by Crippen LogP contribution is 2.27. The molecule has 0 fully saturated rings. The fraction of sp³-hybridized carbons (Fsp3) is 0.182. The van der Waals surface area contributed by atoms with Crippen molar-refractivity contribution in [1.29, 1.82) is 0 Å². The van der Waals surface area contributed by atoms with Crippen molar-refractivity contribution in [2.24, 2.45) is 5.73 Å². The fourth-order valence-corrected chi connectivity index (χ4v) is 1.63. The highest BCUT2D eigenvalue weighted by atomic mass is 16.1. The molecule has 1 aromatic rings. The van der Waals surface area contributed by atoms with Crippen molar-refractivity contribution >= 4 is 11.4 Å². The Balaban J connectivity index is 2.47. The van der Waals surface area contributed by atoms with Gasteiger partial charge in [0, 0.05) is 17.7 Å². The second-order valence-corrected chi connectivity index (χ2v) is 3.19. The Hall–Kier alpha value is -1.57. The molecule has 0 unspecified atom stereocenters. The Morgan fingerprint density at radius 3 is 2.31 bits per heavy atom. The number of hydrogen-bond donors (Lipinski definition) is 1. The highest BCUT2D eigenvalue weighted by Gasteiger charge is 2.21. The van der Waals surface area contributed by atoms with E-state index in [4.69, 9.17) is 5.73 Å². The van der Waals surface area contributed by atoms with Crippen LogP contribution in [0.2, 0.25) is 0 Å². The fourth-order valence-electron chi connectivity index (χ4n) is 1.63. The molecular formula is C11H11NO. The molecule has 2 heteroatoms. The highest BCUT2D eigenvalue weighted by molar-refractivity contribution is 6.23. The molecule has 2 nitrogen and oxygen atoms in total. The van der Waals surface area contributed by atoms with Crippen LogP contribution in [0.4, 0.5) is 0 Å². The number of Topliss-reactive ketones (excluding diaryl/α,β-unsaturated/α-hetero) is 1. The molecule has 0 heterocycles. The smallest absolute Gasteiger partial charge is 0.165 e. The van der Waals surface area contributed by atoms with Crippen molar-refractivity contribution in [1.82, 2.24) is 0 Å². The minimum atomic E-state index is 0.170. The summed E-state index contributed by atoms with van der Waals surface area (Å²) < 4.78 is 0. The molecule has 0 atom stereocenters. The number of carbonyl (C=O) groups is 1. The van der Waals surface area contributed by atoms with Crippen molar-refractivity contribution in [3.63, 3.8) is 0 Å². The molecule has 1 aromatic carbocycles. The lowest BCUT2D eigenvalue weighted by Crippen LogP contribution is -1.99. The van der Waals surface area contributed by atoms with E-state index in [9.17, 15) is 4.79 Å². The van der Waals surface area contributed by atoms with Gasteiger partial charge in [-0.25, -0.2) is 0 Å². The summed E-state index contributed by atoms with van der Waals surface area (Å²) in [5.41, 5.74) is 8.16. The zero-order valence-electron chi connectivity index (χ0n) is 7.29. The molecular weight excluding hydrogens is 162 g/mol. The molecule has 2 rings (SSSR count). The maximum Gasteiger partial charge on any atom is 0.165 e. The van der Waals surface area contributed by atoms with E-state index in [-0.39, 0.29) is 5.78 Å². The molecule has 2 N–H and O–H groups in total. The van der Waals surface area contributed by atoms with Crippen LogP contribution in [-0.2, 0) is 4.79 Å². The number of benzene rings is 1. The number of rotatable bonds is 1. The lowest BCUT2D eigenvalue weighted by molar-refractivity contribution is -0.113. The molecule has 0 amide bonds. The van der Waals surface area contributed by atoms with Crippen molar-refractivity contribution in [3.05, 3.63) is 41.6 Å². The van der Waals surface area contributed by atoms with E-state index < -0.39 is 0 Å². The zero-order valence-corrected chi connectivity index (χ0v) is 7.29. The first kappa shape index (κ1) is 8.05. The van der Waals surface area contributed by atoms with Gasteiger partial charge in [-0.15, -0.1) is 0 Å². The third-order valence-corrected chi connectivity index (χ3v) is 2.28. The van der Waals surface area contributed by atoms with Crippen LogP contribution in [0, 0.1) is 0 Å². The standard InChI is InChI=1S/C11H11NO/c12-9-6-7-10(13)11(9)8-4-2-1-3-5-8/h1-5H,6-7,12H2. The van der Waals surface area contributed by atoms with Crippen LogP contribution in [0.15, 0.2) is 36.0 Å². The predicted molar refractivity (Wildman–Crippen MR) is 51.8 cm³/mol. The van der Waals surface area contributed by atoms with Crippen LogP contribution < -0.4 is 5.73 Å². The molecule has 0 aromatic heterocycles. The van der Waals surface area contributed by atoms with E-state index in [1.807, 2.05) is 30.3 Å². The van der Waals surface area contributed by atoms with Crippen molar-refractivity contribution in [3.8, 4) is 0 Å². The molecule has 0 bridgehead atoms. The van der Waals surface area contributed by atoms with Crippen molar-refractivity contribution < 1.29 is 4.79 Å². The summed E-state index contributed by atoms with van der Waals surface area (Å²) in [4.78, 5) is 11.4. The van der Waals surface area contributed by atoms with Gasteiger partial charge in [-0.3, -0.25) is 4.79 Å². The molecule has 0 saturated heterocycles. The van der Waals surface area contributed by atoms with Gasteiger partial charge in [0.15, 0.2) is 5.78 Å². The Labute approximate surface area is 77.1 Å². The lowest BCUT2D eigenvalue weighted by atomic mass is 10.0. The quantitative estimate of drug-likeness (QED) is 0.702. The lowest BCUT2D eigenvalue weighted by Gasteiger charge is -2.01. The van der Waals surface area contributed by atoms with Gasteiger partial charge in [0.2, 0.25) is 0 Å². The van der Waals surface area contributed by atoms with Crippen LogP contribution in [0.5, 0.6) is 0 Å².